The molecule has 0 aromatic rings. The topological polar surface area (TPSA) is 24.9 Å². The summed E-state index contributed by atoms with van der Waals surface area (Å²) in [4.78, 5) is 4.53. The summed E-state index contributed by atoms with van der Waals surface area (Å²) < 4.78 is 10.2. The predicted octanol–water partition coefficient (Wildman–Crippen LogP) is 2.09. The second kappa shape index (κ2) is 14.3. The molecule has 0 aliphatic carbocycles. The number of hydrogen-bond acceptors (Lipinski definition) is 4. The molecule has 0 atom stereocenters. The third-order valence-electron chi connectivity index (χ3n) is 3.18. The summed E-state index contributed by atoms with van der Waals surface area (Å²) in [6.45, 7) is 12.5. The molecular formula is C15H34N2O2. The molecule has 0 radical (unpaired) electrons. The van der Waals surface area contributed by atoms with E-state index in [1.165, 1.54) is 19.3 Å². The fraction of sp³-hybridized carbons (Fsp3) is 1.00. The first-order chi connectivity index (χ1) is 9.20. The Morgan fingerprint density at radius 1 is 0.684 bits per heavy atom. The minimum atomic E-state index is 0.913. The number of nitrogens with zero attached hydrogens (tertiary/aromatic N) is 2. The number of hydrogen-bond donors (Lipinski definition) is 0. The summed E-state index contributed by atoms with van der Waals surface area (Å²) in [7, 11) is 4.23. The van der Waals surface area contributed by atoms with E-state index in [-0.39, 0.29) is 0 Å². The van der Waals surface area contributed by atoms with Gasteiger partial charge in [-0.25, -0.2) is 0 Å². The minimum Gasteiger partial charge on any atom is -0.379 e. The molecule has 116 valence electrons. The summed E-state index contributed by atoms with van der Waals surface area (Å²) >= 11 is 0. The van der Waals surface area contributed by atoms with Crippen molar-refractivity contribution in [3.8, 4) is 0 Å². The third kappa shape index (κ3) is 14.1. The van der Waals surface area contributed by atoms with Crippen molar-refractivity contribution in [2.75, 3.05) is 66.7 Å². The summed E-state index contributed by atoms with van der Waals surface area (Å²) in [5, 5.41) is 0. The quantitative estimate of drug-likeness (QED) is 0.770. The van der Waals surface area contributed by atoms with Crippen LogP contribution < -0.4 is 0 Å². The Kier molecular flexibility index (Phi) is 14.1. The highest BCUT2D eigenvalue weighted by Gasteiger charge is 2.02. The van der Waals surface area contributed by atoms with E-state index < -0.39 is 0 Å². The summed E-state index contributed by atoms with van der Waals surface area (Å²) in [5.41, 5.74) is 0. The van der Waals surface area contributed by atoms with Crippen molar-refractivity contribution < 1.29 is 9.47 Å². The van der Waals surface area contributed by atoms with Gasteiger partial charge < -0.3 is 19.3 Å². The van der Waals surface area contributed by atoms with Crippen molar-refractivity contribution in [2.45, 2.75) is 33.1 Å². The number of likely N-dealkylation sites (N-methyl/N-ethyl adjacent to an activating group) is 2. The van der Waals surface area contributed by atoms with Gasteiger partial charge in [0.2, 0.25) is 0 Å². The van der Waals surface area contributed by atoms with Crippen LogP contribution in [0.25, 0.3) is 0 Å². The average Bonchev–Trinajstić information content (AvgIpc) is 2.43. The van der Waals surface area contributed by atoms with E-state index in [2.05, 4.69) is 37.7 Å². The highest BCUT2D eigenvalue weighted by Crippen LogP contribution is 1.90. The molecule has 0 bridgehead atoms. The Balaban J connectivity index is 0.000000261. The molecule has 0 aromatic heterocycles. The number of unbranched alkanes of at least 4 members (excludes halogenated alkanes) is 2. The molecule has 4 nitrogen and oxygen atoms in total. The molecule has 2 saturated heterocycles. The largest absolute Gasteiger partial charge is 0.379 e. The first-order valence-electron chi connectivity index (χ1n) is 7.73. The Labute approximate surface area is 120 Å². The molecule has 0 saturated carbocycles. The first kappa shape index (κ1) is 18.8. The molecule has 2 aliphatic heterocycles. The van der Waals surface area contributed by atoms with Crippen LogP contribution in [0.3, 0.4) is 0 Å². The Morgan fingerprint density at radius 3 is 1.11 bits per heavy atom. The van der Waals surface area contributed by atoms with E-state index >= 15 is 0 Å². The van der Waals surface area contributed by atoms with Crippen LogP contribution in [0.1, 0.15) is 33.1 Å². The lowest BCUT2D eigenvalue weighted by Gasteiger charge is -2.21. The number of morpholine rings is 2. The van der Waals surface area contributed by atoms with Crippen molar-refractivity contribution in [3.63, 3.8) is 0 Å². The molecule has 0 spiro atoms. The van der Waals surface area contributed by atoms with E-state index in [0.717, 1.165) is 52.6 Å². The molecule has 2 heterocycles. The van der Waals surface area contributed by atoms with Crippen molar-refractivity contribution in [1.29, 1.82) is 0 Å². The highest BCUT2D eigenvalue weighted by atomic mass is 16.5. The van der Waals surface area contributed by atoms with Crippen LogP contribution in [0.5, 0.6) is 0 Å². The van der Waals surface area contributed by atoms with E-state index in [4.69, 9.17) is 9.47 Å². The van der Waals surface area contributed by atoms with Crippen LogP contribution in [0.2, 0.25) is 0 Å². The molecule has 19 heavy (non-hydrogen) atoms. The molecule has 2 aliphatic rings. The number of rotatable bonds is 2. The Hall–Kier alpha value is -0.160. The van der Waals surface area contributed by atoms with Crippen LogP contribution >= 0.6 is 0 Å². The highest BCUT2D eigenvalue weighted by molar-refractivity contribution is 4.54. The summed E-state index contributed by atoms with van der Waals surface area (Å²) in [5.74, 6) is 0. The molecular weight excluding hydrogens is 240 g/mol. The SMILES string of the molecule is CCCCC.CN1CCOCC1.CN1CCOCC1. The van der Waals surface area contributed by atoms with Crippen LogP contribution in [0.15, 0.2) is 0 Å². The zero-order chi connectivity index (χ0) is 14.3. The smallest absolute Gasteiger partial charge is 0.0594 e. The van der Waals surface area contributed by atoms with Crippen molar-refractivity contribution in [3.05, 3.63) is 0 Å². The van der Waals surface area contributed by atoms with Gasteiger partial charge in [-0.2, -0.15) is 0 Å². The molecule has 4 heteroatoms. The van der Waals surface area contributed by atoms with Gasteiger partial charge in [0.05, 0.1) is 26.4 Å². The molecule has 0 aromatic carbocycles. The molecule has 2 fully saturated rings. The number of ether oxygens (including phenoxy) is 2. The van der Waals surface area contributed by atoms with Crippen molar-refractivity contribution in [1.82, 2.24) is 9.80 Å². The van der Waals surface area contributed by atoms with Gasteiger partial charge in [0.15, 0.2) is 0 Å². The zero-order valence-corrected chi connectivity index (χ0v) is 13.5. The van der Waals surface area contributed by atoms with Crippen molar-refractivity contribution in [2.24, 2.45) is 0 Å². The van der Waals surface area contributed by atoms with E-state index in [9.17, 15) is 0 Å². The fourth-order valence-electron chi connectivity index (χ4n) is 1.66. The maximum Gasteiger partial charge on any atom is 0.0594 e. The van der Waals surface area contributed by atoms with Gasteiger partial charge in [-0.3, -0.25) is 0 Å². The van der Waals surface area contributed by atoms with Gasteiger partial charge in [0.1, 0.15) is 0 Å². The third-order valence-corrected chi connectivity index (χ3v) is 3.18. The average molecular weight is 274 g/mol. The normalized spacial score (nSPS) is 20.8. The van der Waals surface area contributed by atoms with Gasteiger partial charge in [-0.1, -0.05) is 33.1 Å². The maximum absolute atomic E-state index is 5.10. The summed E-state index contributed by atoms with van der Waals surface area (Å²) in [6, 6.07) is 0. The van der Waals surface area contributed by atoms with E-state index in [1.54, 1.807) is 0 Å². The second-order valence-corrected chi connectivity index (χ2v) is 5.18. The van der Waals surface area contributed by atoms with Crippen LogP contribution in [0.4, 0.5) is 0 Å². The van der Waals surface area contributed by atoms with Crippen LogP contribution in [-0.4, -0.2) is 76.5 Å². The van der Waals surface area contributed by atoms with Gasteiger partial charge in [0.25, 0.3) is 0 Å². The second-order valence-electron chi connectivity index (χ2n) is 5.18. The minimum absolute atomic E-state index is 0.913. The standard InChI is InChI=1S/2C5H11NO.C5H12/c2*1-6-2-4-7-5-3-6;1-3-5-4-2/h2*2-5H2,1H3;3-5H2,1-2H3. The van der Waals surface area contributed by atoms with Crippen LogP contribution in [0, 0.1) is 0 Å². The first-order valence-corrected chi connectivity index (χ1v) is 7.73. The lowest BCUT2D eigenvalue weighted by atomic mass is 10.3. The lowest BCUT2D eigenvalue weighted by molar-refractivity contribution is 0.0502. The summed E-state index contributed by atoms with van der Waals surface area (Å²) in [6.07, 6.45) is 4.08. The van der Waals surface area contributed by atoms with Crippen LogP contribution in [-0.2, 0) is 9.47 Å². The maximum atomic E-state index is 5.10. The van der Waals surface area contributed by atoms with E-state index in [1.807, 2.05) is 0 Å². The Morgan fingerprint density at radius 2 is 1.00 bits per heavy atom. The van der Waals surface area contributed by atoms with Gasteiger partial charge in [0, 0.05) is 26.2 Å². The monoisotopic (exact) mass is 274 g/mol. The molecule has 0 N–H and O–H groups in total. The fourth-order valence-corrected chi connectivity index (χ4v) is 1.66. The van der Waals surface area contributed by atoms with Crippen molar-refractivity contribution >= 4 is 0 Å². The van der Waals surface area contributed by atoms with E-state index in [0.29, 0.717) is 0 Å². The molecule has 0 unspecified atom stereocenters. The van der Waals surface area contributed by atoms with Gasteiger partial charge in [-0.15, -0.1) is 0 Å². The molecule has 2 rings (SSSR count). The lowest BCUT2D eigenvalue weighted by Crippen LogP contribution is -2.32. The van der Waals surface area contributed by atoms with Gasteiger partial charge >= 0.3 is 0 Å². The zero-order valence-electron chi connectivity index (χ0n) is 13.5. The predicted molar refractivity (Wildman–Crippen MR) is 81.8 cm³/mol. The molecule has 0 amide bonds. The van der Waals surface area contributed by atoms with Gasteiger partial charge in [-0.05, 0) is 14.1 Å². The Bertz CT molecular complexity index is 150.